The molecule has 0 saturated carbocycles. The number of fused-ring (bicyclic) bond motifs is 1. The van der Waals surface area contributed by atoms with Gasteiger partial charge in [0.15, 0.2) is 11.5 Å². The Morgan fingerprint density at radius 1 is 1.00 bits per heavy atom. The van der Waals surface area contributed by atoms with Crippen molar-refractivity contribution in [2.45, 2.75) is 18.9 Å². The maximum Gasteiger partial charge on any atom is 0.161 e. The Morgan fingerprint density at radius 2 is 1.72 bits per heavy atom. The molecule has 4 nitrogen and oxygen atoms in total. The molecule has 3 rings (SSSR count). The third-order valence-corrected chi connectivity index (χ3v) is 3.72. The van der Waals surface area contributed by atoms with Gasteiger partial charge in [0.25, 0.3) is 0 Å². The molecule has 98 valence electrons. The fourth-order valence-corrected chi connectivity index (χ4v) is 2.61. The molecule has 0 unspecified atom stereocenters. The molecule has 0 amide bonds. The highest BCUT2D eigenvalue weighted by atomic mass is 16.6. The standard InChI is InChI=1S/C14H19NO3/c15-14(10-3-5-16-6-4-10)11-1-2-12-13(9-11)18-8-7-17-12/h1-2,9-10,14H,3-8,15H2/t14-/m0/s1. The highest BCUT2D eigenvalue weighted by molar-refractivity contribution is 5.44. The Labute approximate surface area is 107 Å². The Balaban J connectivity index is 1.78. The summed E-state index contributed by atoms with van der Waals surface area (Å²) in [4.78, 5) is 0. The summed E-state index contributed by atoms with van der Waals surface area (Å²) in [6.45, 7) is 2.88. The second kappa shape index (κ2) is 5.16. The predicted molar refractivity (Wildman–Crippen MR) is 67.9 cm³/mol. The Morgan fingerprint density at radius 3 is 2.50 bits per heavy atom. The summed E-state index contributed by atoms with van der Waals surface area (Å²) in [5.41, 5.74) is 7.48. The fraction of sp³-hybridized carbons (Fsp3) is 0.571. The predicted octanol–water partition coefficient (Wildman–Crippen LogP) is 1.88. The van der Waals surface area contributed by atoms with E-state index in [4.69, 9.17) is 19.9 Å². The van der Waals surface area contributed by atoms with Gasteiger partial charge in [0, 0.05) is 19.3 Å². The minimum Gasteiger partial charge on any atom is -0.486 e. The van der Waals surface area contributed by atoms with E-state index >= 15 is 0 Å². The molecule has 18 heavy (non-hydrogen) atoms. The normalized spacial score (nSPS) is 21.6. The highest BCUT2D eigenvalue weighted by Gasteiger charge is 2.23. The van der Waals surface area contributed by atoms with Crippen LogP contribution in [0.25, 0.3) is 0 Å². The Kier molecular flexibility index (Phi) is 3.39. The molecule has 2 N–H and O–H groups in total. The van der Waals surface area contributed by atoms with Crippen LogP contribution in [0.3, 0.4) is 0 Å². The van der Waals surface area contributed by atoms with Gasteiger partial charge in [-0.25, -0.2) is 0 Å². The van der Waals surface area contributed by atoms with Crippen molar-refractivity contribution >= 4 is 0 Å². The lowest BCUT2D eigenvalue weighted by Crippen LogP contribution is -2.27. The molecule has 1 aromatic carbocycles. The van der Waals surface area contributed by atoms with Gasteiger partial charge >= 0.3 is 0 Å². The van der Waals surface area contributed by atoms with E-state index < -0.39 is 0 Å². The van der Waals surface area contributed by atoms with Crippen LogP contribution in [0.5, 0.6) is 11.5 Å². The van der Waals surface area contributed by atoms with E-state index in [1.54, 1.807) is 0 Å². The number of benzene rings is 1. The van der Waals surface area contributed by atoms with E-state index in [1.807, 2.05) is 18.2 Å². The zero-order valence-corrected chi connectivity index (χ0v) is 10.4. The summed E-state index contributed by atoms with van der Waals surface area (Å²) >= 11 is 0. The van der Waals surface area contributed by atoms with Crippen LogP contribution in [0.1, 0.15) is 24.4 Å². The van der Waals surface area contributed by atoms with Crippen LogP contribution in [0, 0.1) is 5.92 Å². The van der Waals surface area contributed by atoms with Gasteiger partial charge in [-0.2, -0.15) is 0 Å². The number of ether oxygens (including phenoxy) is 3. The van der Waals surface area contributed by atoms with Crippen molar-refractivity contribution in [3.8, 4) is 11.5 Å². The number of hydrogen-bond donors (Lipinski definition) is 1. The fourth-order valence-electron chi connectivity index (χ4n) is 2.61. The first-order chi connectivity index (χ1) is 8.84. The molecule has 0 bridgehead atoms. The highest BCUT2D eigenvalue weighted by Crippen LogP contribution is 2.35. The van der Waals surface area contributed by atoms with Crippen LogP contribution >= 0.6 is 0 Å². The van der Waals surface area contributed by atoms with Crippen molar-refractivity contribution in [2.75, 3.05) is 26.4 Å². The molecule has 2 aliphatic heterocycles. The van der Waals surface area contributed by atoms with E-state index in [9.17, 15) is 0 Å². The molecule has 2 heterocycles. The van der Waals surface area contributed by atoms with Gasteiger partial charge < -0.3 is 19.9 Å². The van der Waals surface area contributed by atoms with Crippen molar-refractivity contribution in [2.24, 2.45) is 11.7 Å². The van der Waals surface area contributed by atoms with E-state index in [-0.39, 0.29) is 6.04 Å². The number of hydrogen-bond acceptors (Lipinski definition) is 4. The molecule has 1 fully saturated rings. The van der Waals surface area contributed by atoms with Crippen LogP contribution in [0.4, 0.5) is 0 Å². The quantitative estimate of drug-likeness (QED) is 0.869. The van der Waals surface area contributed by atoms with E-state index in [2.05, 4.69) is 0 Å². The van der Waals surface area contributed by atoms with Gasteiger partial charge in [0.2, 0.25) is 0 Å². The smallest absolute Gasteiger partial charge is 0.161 e. The molecule has 4 heteroatoms. The molecule has 0 aliphatic carbocycles. The van der Waals surface area contributed by atoms with Gasteiger partial charge in [-0.1, -0.05) is 6.07 Å². The average Bonchev–Trinajstić information content (AvgIpc) is 2.47. The van der Waals surface area contributed by atoms with Crippen LogP contribution in [-0.4, -0.2) is 26.4 Å². The Bertz CT molecular complexity index is 416. The van der Waals surface area contributed by atoms with E-state index in [0.717, 1.165) is 43.1 Å². The maximum absolute atomic E-state index is 6.35. The van der Waals surface area contributed by atoms with Crippen LogP contribution in [-0.2, 0) is 4.74 Å². The Hall–Kier alpha value is -1.26. The monoisotopic (exact) mass is 249 g/mol. The minimum atomic E-state index is 0.0599. The van der Waals surface area contributed by atoms with Gasteiger partial charge in [-0.15, -0.1) is 0 Å². The SMILES string of the molecule is N[C@H](c1ccc2c(c1)OCCO2)C1CCOCC1. The van der Waals surface area contributed by atoms with Crippen LogP contribution in [0.15, 0.2) is 18.2 Å². The molecular weight excluding hydrogens is 230 g/mol. The van der Waals surface area contributed by atoms with Crippen molar-refractivity contribution < 1.29 is 14.2 Å². The van der Waals surface area contributed by atoms with E-state index in [1.165, 1.54) is 0 Å². The summed E-state index contributed by atoms with van der Waals surface area (Å²) in [6, 6.07) is 6.09. The van der Waals surface area contributed by atoms with Gasteiger partial charge in [0.05, 0.1) is 0 Å². The molecule has 2 aliphatic rings. The zero-order valence-electron chi connectivity index (χ0n) is 10.4. The summed E-state index contributed by atoms with van der Waals surface area (Å²) < 4.78 is 16.5. The largest absolute Gasteiger partial charge is 0.486 e. The average molecular weight is 249 g/mol. The first-order valence-electron chi connectivity index (χ1n) is 6.57. The van der Waals surface area contributed by atoms with Crippen molar-refractivity contribution in [3.05, 3.63) is 23.8 Å². The minimum absolute atomic E-state index is 0.0599. The molecular formula is C14H19NO3. The third kappa shape index (κ3) is 2.31. The summed E-state index contributed by atoms with van der Waals surface area (Å²) in [5.74, 6) is 2.15. The van der Waals surface area contributed by atoms with Crippen molar-refractivity contribution in [1.29, 1.82) is 0 Å². The molecule has 1 aromatic rings. The van der Waals surface area contributed by atoms with E-state index in [0.29, 0.717) is 19.1 Å². The summed E-state index contributed by atoms with van der Waals surface area (Å²) in [5, 5.41) is 0. The molecule has 1 saturated heterocycles. The molecule has 1 atom stereocenters. The number of nitrogens with two attached hydrogens (primary N) is 1. The van der Waals surface area contributed by atoms with Gasteiger partial charge in [0.1, 0.15) is 13.2 Å². The lowest BCUT2D eigenvalue weighted by atomic mass is 9.87. The lowest BCUT2D eigenvalue weighted by Gasteiger charge is -2.28. The van der Waals surface area contributed by atoms with Gasteiger partial charge in [-0.05, 0) is 36.5 Å². The van der Waals surface area contributed by atoms with Crippen molar-refractivity contribution in [3.63, 3.8) is 0 Å². The van der Waals surface area contributed by atoms with Crippen molar-refractivity contribution in [1.82, 2.24) is 0 Å². The molecule has 0 radical (unpaired) electrons. The first-order valence-corrected chi connectivity index (χ1v) is 6.57. The van der Waals surface area contributed by atoms with Crippen LogP contribution in [0.2, 0.25) is 0 Å². The summed E-state index contributed by atoms with van der Waals surface area (Å²) in [6.07, 6.45) is 2.07. The third-order valence-electron chi connectivity index (χ3n) is 3.72. The molecule has 0 aromatic heterocycles. The second-order valence-corrected chi connectivity index (χ2v) is 4.88. The van der Waals surface area contributed by atoms with Gasteiger partial charge in [-0.3, -0.25) is 0 Å². The molecule has 0 spiro atoms. The maximum atomic E-state index is 6.35. The first kappa shape index (κ1) is 11.8. The number of rotatable bonds is 2. The second-order valence-electron chi connectivity index (χ2n) is 4.88. The lowest BCUT2D eigenvalue weighted by molar-refractivity contribution is 0.0583. The topological polar surface area (TPSA) is 53.7 Å². The zero-order chi connectivity index (χ0) is 12.4. The van der Waals surface area contributed by atoms with Crippen LogP contribution < -0.4 is 15.2 Å². The summed E-state index contributed by atoms with van der Waals surface area (Å²) in [7, 11) is 0.